The van der Waals surface area contributed by atoms with Crippen LogP contribution < -0.4 is 4.74 Å². The summed E-state index contributed by atoms with van der Waals surface area (Å²) >= 11 is 3.34. The predicted octanol–water partition coefficient (Wildman–Crippen LogP) is 3.99. The minimum atomic E-state index is -0.436. The van der Waals surface area contributed by atoms with Crippen molar-refractivity contribution in [1.29, 1.82) is 0 Å². The molecule has 0 amide bonds. The van der Waals surface area contributed by atoms with Crippen molar-refractivity contribution in [3.05, 3.63) is 52.8 Å². The highest BCUT2D eigenvalue weighted by atomic mass is 79.9. The fourth-order valence-corrected chi connectivity index (χ4v) is 2.36. The van der Waals surface area contributed by atoms with Crippen LogP contribution in [0.3, 0.4) is 0 Å². The molecule has 6 heteroatoms. The Kier molecular flexibility index (Phi) is 3.94. The molecule has 0 N–H and O–H groups in total. The van der Waals surface area contributed by atoms with E-state index in [2.05, 4.69) is 26.0 Å². The third-order valence-corrected chi connectivity index (χ3v) is 3.71. The van der Waals surface area contributed by atoms with Gasteiger partial charge in [0.25, 0.3) is 0 Å². The second-order valence-corrected chi connectivity index (χ2v) is 6.08. The lowest BCUT2D eigenvalue weighted by Gasteiger charge is -2.07. The van der Waals surface area contributed by atoms with E-state index >= 15 is 0 Å². The Morgan fingerprint density at radius 3 is 2.64 bits per heavy atom. The van der Waals surface area contributed by atoms with Gasteiger partial charge in [-0.3, -0.25) is 0 Å². The van der Waals surface area contributed by atoms with Crippen molar-refractivity contribution >= 4 is 32.9 Å². The average molecular weight is 360 g/mol. The number of ether oxygens (including phenoxy) is 1. The molecule has 0 saturated heterocycles. The molecule has 1 aromatic carbocycles. The molecule has 0 aliphatic carbocycles. The number of halogens is 1. The smallest absolute Gasteiger partial charge is 0.345 e. The van der Waals surface area contributed by atoms with E-state index in [0.717, 1.165) is 15.5 Å². The minimum Gasteiger partial charge on any atom is -0.423 e. The summed E-state index contributed by atoms with van der Waals surface area (Å²) in [6, 6.07) is 9.05. The zero-order chi connectivity index (χ0) is 15.7. The first-order valence-electron chi connectivity index (χ1n) is 6.85. The summed E-state index contributed by atoms with van der Waals surface area (Å²) in [7, 11) is 0. The number of carbonyl (C=O) groups is 1. The van der Waals surface area contributed by atoms with Crippen molar-refractivity contribution in [3.8, 4) is 5.75 Å². The molecule has 5 nitrogen and oxygen atoms in total. The third kappa shape index (κ3) is 2.87. The molecule has 3 aromatic rings. The molecular weight excluding hydrogens is 346 g/mol. The highest BCUT2D eigenvalue weighted by Crippen LogP contribution is 2.20. The molecule has 3 rings (SSSR count). The molecule has 0 aliphatic heterocycles. The van der Waals surface area contributed by atoms with Crippen LogP contribution in [0.4, 0.5) is 0 Å². The molecule has 0 radical (unpaired) electrons. The lowest BCUT2D eigenvalue weighted by atomic mass is 10.2. The van der Waals surface area contributed by atoms with E-state index in [1.807, 2.05) is 30.7 Å². The topological polar surface area (TPSA) is 57.0 Å². The second-order valence-electron chi connectivity index (χ2n) is 5.16. The van der Waals surface area contributed by atoms with Gasteiger partial charge in [-0.05, 0) is 44.2 Å². The number of carbonyl (C=O) groups excluding carboxylic acids is 1. The van der Waals surface area contributed by atoms with Crippen LogP contribution in [0.25, 0.3) is 11.0 Å². The molecule has 0 aliphatic rings. The zero-order valence-corrected chi connectivity index (χ0v) is 13.7. The third-order valence-electron chi connectivity index (χ3n) is 3.18. The number of hydrogen-bond donors (Lipinski definition) is 0. The van der Waals surface area contributed by atoms with Crippen LogP contribution in [0.2, 0.25) is 0 Å². The number of aromatic nitrogens is 3. The van der Waals surface area contributed by atoms with Crippen LogP contribution in [0.5, 0.6) is 5.75 Å². The van der Waals surface area contributed by atoms with Crippen LogP contribution in [0, 0.1) is 0 Å². The molecule has 0 fully saturated rings. The largest absolute Gasteiger partial charge is 0.423 e. The number of benzene rings is 1. The molecule has 2 heterocycles. The number of fused-ring (bicyclic) bond motifs is 1. The van der Waals surface area contributed by atoms with Gasteiger partial charge in [-0.15, -0.1) is 0 Å². The van der Waals surface area contributed by atoms with E-state index in [1.165, 1.54) is 6.20 Å². The van der Waals surface area contributed by atoms with Crippen LogP contribution in [0.15, 0.2) is 47.2 Å². The lowest BCUT2D eigenvalue weighted by Crippen LogP contribution is -2.09. The van der Waals surface area contributed by atoms with Crippen LogP contribution in [0.1, 0.15) is 30.2 Å². The summed E-state index contributed by atoms with van der Waals surface area (Å²) in [5.41, 5.74) is 1.16. The first-order valence-corrected chi connectivity index (χ1v) is 7.65. The number of hydrogen-bond acceptors (Lipinski definition) is 4. The summed E-state index contributed by atoms with van der Waals surface area (Å²) in [6.07, 6.45) is 3.23. The fourth-order valence-electron chi connectivity index (χ4n) is 2.10. The van der Waals surface area contributed by atoms with E-state index < -0.39 is 5.97 Å². The van der Waals surface area contributed by atoms with Crippen molar-refractivity contribution < 1.29 is 9.53 Å². The van der Waals surface area contributed by atoms with Gasteiger partial charge in [0.15, 0.2) is 5.65 Å². The predicted molar refractivity (Wildman–Crippen MR) is 87.0 cm³/mol. The van der Waals surface area contributed by atoms with Gasteiger partial charge in [0.05, 0.1) is 11.8 Å². The molecule has 0 unspecified atom stereocenters. The SMILES string of the molecule is CC(C)n1ncc2cc(C(=O)Oc3ccc(Br)cc3)cnc21. The minimum absolute atomic E-state index is 0.213. The molecule has 22 heavy (non-hydrogen) atoms. The maximum Gasteiger partial charge on any atom is 0.345 e. The number of nitrogens with zero attached hydrogens (tertiary/aromatic N) is 3. The molecule has 112 valence electrons. The highest BCUT2D eigenvalue weighted by molar-refractivity contribution is 9.10. The van der Waals surface area contributed by atoms with Gasteiger partial charge < -0.3 is 4.74 Å². The Balaban J connectivity index is 1.86. The Bertz CT molecular complexity index is 825. The molecular formula is C16H14BrN3O2. The number of pyridine rings is 1. The Hall–Kier alpha value is -2.21. The second kappa shape index (κ2) is 5.88. The van der Waals surface area contributed by atoms with E-state index in [-0.39, 0.29) is 6.04 Å². The van der Waals surface area contributed by atoms with E-state index in [1.54, 1.807) is 24.4 Å². The monoisotopic (exact) mass is 359 g/mol. The van der Waals surface area contributed by atoms with Crippen molar-refractivity contribution in [2.45, 2.75) is 19.9 Å². The first-order chi connectivity index (χ1) is 10.5. The van der Waals surface area contributed by atoms with E-state index in [4.69, 9.17) is 4.74 Å². The van der Waals surface area contributed by atoms with Crippen LogP contribution >= 0.6 is 15.9 Å². The Morgan fingerprint density at radius 1 is 1.23 bits per heavy atom. The highest BCUT2D eigenvalue weighted by Gasteiger charge is 2.13. The summed E-state index contributed by atoms with van der Waals surface area (Å²) in [6.45, 7) is 4.06. The molecule has 0 atom stereocenters. The summed E-state index contributed by atoms with van der Waals surface area (Å²) in [5.74, 6) is 0.0557. The number of esters is 1. The summed E-state index contributed by atoms with van der Waals surface area (Å²) in [4.78, 5) is 16.5. The van der Waals surface area contributed by atoms with Gasteiger partial charge in [0, 0.05) is 22.1 Å². The quantitative estimate of drug-likeness (QED) is 0.523. The summed E-state index contributed by atoms with van der Waals surface area (Å²) < 4.78 is 8.08. The Morgan fingerprint density at radius 2 is 1.95 bits per heavy atom. The van der Waals surface area contributed by atoms with Gasteiger partial charge in [-0.25, -0.2) is 14.5 Å². The first kappa shape index (κ1) is 14.7. The fraction of sp³-hybridized carbons (Fsp3) is 0.188. The van der Waals surface area contributed by atoms with Crippen molar-refractivity contribution in [1.82, 2.24) is 14.8 Å². The van der Waals surface area contributed by atoms with Crippen molar-refractivity contribution in [3.63, 3.8) is 0 Å². The van der Waals surface area contributed by atoms with Gasteiger partial charge >= 0.3 is 5.97 Å². The van der Waals surface area contributed by atoms with Crippen molar-refractivity contribution in [2.24, 2.45) is 0 Å². The van der Waals surface area contributed by atoms with Crippen LogP contribution in [-0.2, 0) is 0 Å². The zero-order valence-electron chi connectivity index (χ0n) is 12.2. The van der Waals surface area contributed by atoms with Gasteiger partial charge in [0.1, 0.15) is 5.75 Å². The molecule has 0 saturated carbocycles. The maximum absolute atomic E-state index is 12.2. The molecule has 0 spiro atoms. The average Bonchev–Trinajstić information content (AvgIpc) is 2.92. The van der Waals surface area contributed by atoms with Gasteiger partial charge in [-0.2, -0.15) is 5.10 Å². The normalized spacial score (nSPS) is 11.1. The van der Waals surface area contributed by atoms with Gasteiger partial charge in [0.2, 0.25) is 0 Å². The Labute approximate surface area is 136 Å². The van der Waals surface area contributed by atoms with Gasteiger partial charge in [-0.1, -0.05) is 15.9 Å². The lowest BCUT2D eigenvalue weighted by molar-refractivity contribution is 0.0734. The molecule has 0 bridgehead atoms. The van der Waals surface area contributed by atoms with E-state index in [9.17, 15) is 4.79 Å². The number of rotatable bonds is 3. The molecule has 2 aromatic heterocycles. The van der Waals surface area contributed by atoms with Crippen LogP contribution in [-0.4, -0.2) is 20.7 Å². The summed E-state index contributed by atoms with van der Waals surface area (Å²) in [5, 5.41) is 5.10. The maximum atomic E-state index is 12.2. The van der Waals surface area contributed by atoms with Crippen molar-refractivity contribution in [2.75, 3.05) is 0 Å². The standard InChI is InChI=1S/C16H14BrN3O2/c1-10(2)20-15-11(9-19-20)7-12(8-18-15)16(21)22-14-5-3-13(17)4-6-14/h3-10H,1-2H3. The van der Waals surface area contributed by atoms with E-state index in [0.29, 0.717) is 11.3 Å².